The van der Waals surface area contributed by atoms with E-state index < -0.39 is 17.9 Å². The normalized spacial score (nSPS) is 8.76. The summed E-state index contributed by atoms with van der Waals surface area (Å²) in [5.41, 5.74) is 0. The van der Waals surface area contributed by atoms with Gasteiger partial charge in [0.15, 0.2) is 0 Å². The summed E-state index contributed by atoms with van der Waals surface area (Å²) in [4.78, 5) is 29.3. The third-order valence-electron chi connectivity index (χ3n) is 2.95. The molecule has 0 aliphatic carbocycles. The number of carbonyl (C=O) groups excluding carboxylic acids is 3. The van der Waals surface area contributed by atoms with E-state index in [4.69, 9.17) is 0 Å². The van der Waals surface area contributed by atoms with E-state index >= 15 is 0 Å². The largest absolute Gasteiger partial charge is 3.00 e. The standard InChI is InChI=1S/3C6H12O2.Sm/c3*1-2-3-4-5-6(7)8;/h3*2-5H2,1H3,(H,7,8);/q;;;+3/p-3. The van der Waals surface area contributed by atoms with Gasteiger partial charge in [0.25, 0.3) is 0 Å². The van der Waals surface area contributed by atoms with E-state index in [0.29, 0.717) is 0 Å². The molecule has 0 bridgehead atoms. The van der Waals surface area contributed by atoms with Crippen LogP contribution in [0.3, 0.4) is 0 Å². The van der Waals surface area contributed by atoms with Gasteiger partial charge in [-0.3, -0.25) is 0 Å². The van der Waals surface area contributed by atoms with Crippen molar-refractivity contribution in [3.63, 3.8) is 0 Å². The zero-order chi connectivity index (χ0) is 19.2. The first kappa shape index (κ1) is 32.4. The molecule has 6 nitrogen and oxygen atoms in total. The van der Waals surface area contributed by atoms with Gasteiger partial charge in [0.05, 0.1) is 0 Å². The van der Waals surface area contributed by atoms with Crippen molar-refractivity contribution in [1.82, 2.24) is 0 Å². The minimum atomic E-state index is -0.932. The molecule has 1 radical (unpaired) electrons. The average molecular weight is 496 g/mol. The van der Waals surface area contributed by atoms with Crippen molar-refractivity contribution in [3.8, 4) is 0 Å². The van der Waals surface area contributed by atoms with Crippen molar-refractivity contribution >= 4 is 17.9 Å². The predicted octanol–water partition coefficient (Wildman–Crippen LogP) is 0.950. The number of rotatable bonds is 12. The quantitative estimate of drug-likeness (QED) is 0.372. The fourth-order valence-corrected chi connectivity index (χ4v) is 1.56. The summed E-state index contributed by atoms with van der Waals surface area (Å²) in [7, 11) is 0. The molecular formula is C18H33O6Sm. The molecule has 0 heterocycles. The first-order chi connectivity index (χ1) is 11.3. The zero-order valence-corrected chi connectivity index (χ0v) is 18.5. The van der Waals surface area contributed by atoms with Crippen LogP contribution in [0.4, 0.5) is 0 Å². The molecule has 0 atom stereocenters. The molecule has 0 saturated carbocycles. The molecule has 0 aromatic rings. The average Bonchev–Trinajstić information content (AvgIpc) is 2.48. The zero-order valence-electron chi connectivity index (χ0n) is 15.8. The van der Waals surface area contributed by atoms with Gasteiger partial charge >= 0.3 is 40.4 Å². The molecule has 7 heteroatoms. The van der Waals surface area contributed by atoms with Gasteiger partial charge in [-0.15, -0.1) is 0 Å². The molecule has 0 aliphatic rings. The maximum Gasteiger partial charge on any atom is 3.00 e. The van der Waals surface area contributed by atoms with Crippen molar-refractivity contribution in [2.75, 3.05) is 0 Å². The Morgan fingerprint density at radius 2 is 0.720 bits per heavy atom. The third-order valence-corrected chi connectivity index (χ3v) is 2.95. The van der Waals surface area contributed by atoms with E-state index in [2.05, 4.69) is 0 Å². The van der Waals surface area contributed by atoms with Crippen LogP contribution in [-0.2, 0) is 14.4 Å². The number of hydrogen-bond donors (Lipinski definition) is 0. The minimum absolute atomic E-state index is 0. The Balaban J connectivity index is -0.000000130. The molecule has 0 aromatic carbocycles. The van der Waals surface area contributed by atoms with Crippen LogP contribution < -0.4 is 15.3 Å². The molecule has 0 unspecified atom stereocenters. The third kappa shape index (κ3) is 51.6. The number of carboxylic acids is 3. The van der Waals surface area contributed by atoms with Gasteiger partial charge in [0.2, 0.25) is 0 Å². The Hall–Kier alpha value is -0.252. The molecule has 0 fully saturated rings. The summed E-state index contributed by atoms with van der Waals surface area (Å²) < 4.78 is 0. The van der Waals surface area contributed by atoms with Gasteiger partial charge in [0.1, 0.15) is 0 Å². The summed E-state index contributed by atoms with van der Waals surface area (Å²) in [6.07, 6.45) is 9.11. The number of carbonyl (C=O) groups is 3. The summed E-state index contributed by atoms with van der Waals surface area (Å²) >= 11 is 0. The molecule has 25 heavy (non-hydrogen) atoms. The molecule has 0 aliphatic heterocycles. The second-order valence-electron chi connectivity index (χ2n) is 5.49. The van der Waals surface area contributed by atoms with Crippen molar-refractivity contribution < 1.29 is 70.1 Å². The summed E-state index contributed by atoms with van der Waals surface area (Å²) in [5.74, 6) is -2.80. The molecular weight excluding hydrogens is 463 g/mol. The number of carboxylic acid groups (broad SMARTS) is 3. The Labute approximate surface area is 184 Å². The van der Waals surface area contributed by atoms with Gasteiger partial charge in [-0.05, 0) is 38.5 Å². The monoisotopic (exact) mass is 497 g/mol. The fraction of sp³-hybridized carbons (Fsp3) is 0.833. The number of hydrogen-bond acceptors (Lipinski definition) is 6. The van der Waals surface area contributed by atoms with Crippen LogP contribution in [0.15, 0.2) is 0 Å². The maximum atomic E-state index is 9.76. The summed E-state index contributed by atoms with van der Waals surface area (Å²) in [6.45, 7) is 6.11. The van der Waals surface area contributed by atoms with E-state index in [0.717, 1.165) is 57.8 Å². The molecule has 0 N–H and O–H groups in total. The van der Waals surface area contributed by atoms with E-state index in [1.165, 1.54) is 0 Å². The van der Waals surface area contributed by atoms with E-state index in [-0.39, 0.29) is 59.7 Å². The van der Waals surface area contributed by atoms with Crippen molar-refractivity contribution in [1.29, 1.82) is 0 Å². The Morgan fingerprint density at radius 1 is 0.520 bits per heavy atom. The second-order valence-corrected chi connectivity index (χ2v) is 5.49. The summed E-state index contributed by atoms with van der Waals surface area (Å²) in [6, 6.07) is 0. The van der Waals surface area contributed by atoms with Gasteiger partial charge in [-0.25, -0.2) is 0 Å². The molecule has 0 aromatic heterocycles. The van der Waals surface area contributed by atoms with Crippen LogP contribution >= 0.6 is 0 Å². The number of unbranched alkanes of at least 4 members (excludes halogenated alkanes) is 6. The Bertz CT molecular complexity index is 260. The molecule has 0 amide bonds. The van der Waals surface area contributed by atoms with Gasteiger partial charge in [0, 0.05) is 17.9 Å². The van der Waals surface area contributed by atoms with E-state index in [1.54, 1.807) is 0 Å². The van der Waals surface area contributed by atoms with Crippen LogP contribution in [0.25, 0.3) is 0 Å². The Morgan fingerprint density at radius 3 is 0.840 bits per heavy atom. The maximum absolute atomic E-state index is 9.76. The molecule has 147 valence electrons. The topological polar surface area (TPSA) is 120 Å². The predicted molar refractivity (Wildman–Crippen MR) is 87.4 cm³/mol. The first-order valence-electron chi connectivity index (χ1n) is 8.91. The van der Waals surface area contributed by atoms with Crippen LogP contribution in [0, 0.1) is 40.4 Å². The first-order valence-corrected chi connectivity index (χ1v) is 8.91. The summed E-state index contributed by atoms with van der Waals surface area (Å²) in [5, 5.41) is 29.3. The molecule has 0 rings (SSSR count). The minimum Gasteiger partial charge on any atom is -0.550 e. The number of aliphatic carboxylic acids is 3. The fourth-order valence-electron chi connectivity index (χ4n) is 1.56. The molecule has 0 spiro atoms. The van der Waals surface area contributed by atoms with Gasteiger partial charge in [-0.1, -0.05) is 59.3 Å². The van der Waals surface area contributed by atoms with Gasteiger partial charge < -0.3 is 29.7 Å². The SMILES string of the molecule is CCCCCC(=O)[O-].CCCCCC(=O)[O-].CCCCCC(=O)[O-].[Sm+3]. The van der Waals surface area contributed by atoms with Gasteiger partial charge in [-0.2, -0.15) is 0 Å². The van der Waals surface area contributed by atoms with Crippen molar-refractivity contribution in [2.45, 2.75) is 97.8 Å². The van der Waals surface area contributed by atoms with E-state index in [9.17, 15) is 29.7 Å². The van der Waals surface area contributed by atoms with E-state index in [1.807, 2.05) is 20.8 Å². The Kier molecular flexibility index (Phi) is 37.0. The van der Waals surface area contributed by atoms with Crippen molar-refractivity contribution in [3.05, 3.63) is 0 Å². The van der Waals surface area contributed by atoms with Crippen LogP contribution in [0.5, 0.6) is 0 Å². The van der Waals surface area contributed by atoms with Crippen LogP contribution in [-0.4, -0.2) is 17.9 Å². The molecule has 0 saturated heterocycles. The van der Waals surface area contributed by atoms with Crippen LogP contribution in [0.2, 0.25) is 0 Å². The second kappa shape index (κ2) is 28.5. The smallest absolute Gasteiger partial charge is 0.550 e. The van der Waals surface area contributed by atoms with Crippen molar-refractivity contribution in [2.24, 2.45) is 0 Å². The van der Waals surface area contributed by atoms with Crippen LogP contribution in [0.1, 0.15) is 97.8 Å².